The first-order valence-corrected chi connectivity index (χ1v) is 11.3. The molecule has 0 N–H and O–H groups in total. The van der Waals surface area contributed by atoms with Crippen molar-refractivity contribution in [3.8, 4) is 22.5 Å². The van der Waals surface area contributed by atoms with Crippen LogP contribution in [0.3, 0.4) is 0 Å². The molecule has 34 heavy (non-hydrogen) atoms. The summed E-state index contributed by atoms with van der Waals surface area (Å²) in [5.41, 5.74) is 4.39. The lowest BCUT2D eigenvalue weighted by molar-refractivity contribution is -0.0000250. The molecule has 0 saturated heterocycles. The van der Waals surface area contributed by atoms with E-state index < -0.39 is 5.97 Å². The summed E-state index contributed by atoms with van der Waals surface area (Å²) in [7, 11) is 7.91. The largest absolute Gasteiger partial charge is 1.00 e. The topological polar surface area (TPSA) is 45.7 Å². The van der Waals surface area contributed by atoms with Gasteiger partial charge in [-0.2, -0.15) is 0 Å². The van der Waals surface area contributed by atoms with E-state index in [9.17, 15) is 4.79 Å². The lowest BCUT2D eigenvalue weighted by atomic mass is 9.90. The zero-order chi connectivity index (χ0) is 23.9. The molecule has 0 saturated carbocycles. The van der Waals surface area contributed by atoms with Crippen molar-refractivity contribution in [1.29, 1.82) is 0 Å². The average molecular weight is 520 g/mol. The van der Waals surface area contributed by atoms with Gasteiger partial charge < -0.3 is 26.5 Å². The highest BCUT2D eigenvalue weighted by Gasteiger charge is 2.24. The molecule has 1 aliphatic carbocycles. The molecule has 0 amide bonds. The number of esters is 1. The molecule has 2 aromatic rings. The van der Waals surface area contributed by atoms with Gasteiger partial charge in [-0.1, -0.05) is 23.2 Å². The quantitative estimate of drug-likeness (QED) is 0.236. The van der Waals surface area contributed by atoms with Gasteiger partial charge in [0.1, 0.15) is 25.4 Å². The number of hydrogen-bond acceptors (Lipinski definition) is 4. The van der Waals surface area contributed by atoms with E-state index in [1.165, 1.54) is 0 Å². The number of ether oxygens (including phenoxy) is 1. The Balaban J connectivity index is 0.00000324. The molecule has 2 aliphatic rings. The first kappa shape index (κ1) is 25.9. The number of anilines is 1. The molecule has 0 radical (unpaired) electrons. The Hall–Kier alpha value is -2.73. The van der Waals surface area contributed by atoms with E-state index in [-0.39, 0.29) is 19.0 Å². The fraction of sp³-hybridized carbons (Fsp3) is 0.231. The van der Waals surface area contributed by atoms with Crippen LogP contribution in [0, 0.1) is 0 Å². The number of carbonyl (C=O) groups is 1. The number of halogens is 3. The molecule has 1 aliphatic heterocycles. The molecule has 0 unspecified atom stereocenters. The van der Waals surface area contributed by atoms with Crippen LogP contribution in [0.1, 0.15) is 17.3 Å². The Morgan fingerprint density at radius 2 is 1.71 bits per heavy atom. The van der Waals surface area contributed by atoms with Gasteiger partial charge in [-0.25, -0.2) is 9.37 Å². The maximum absolute atomic E-state index is 12.9. The van der Waals surface area contributed by atoms with Gasteiger partial charge in [0.05, 0.1) is 28.3 Å². The van der Waals surface area contributed by atoms with Crippen molar-refractivity contribution in [2.45, 2.75) is 6.92 Å². The number of hydrogen-bond donors (Lipinski definition) is 0. The van der Waals surface area contributed by atoms with E-state index in [2.05, 4.69) is 0 Å². The number of fused-ring (bicyclic) bond motifs is 2. The van der Waals surface area contributed by atoms with Crippen molar-refractivity contribution in [1.82, 2.24) is 4.58 Å². The van der Waals surface area contributed by atoms with Crippen molar-refractivity contribution < 1.29 is 26.4 Å². The van der Waals surface area contributed by atoms with E-state index in [0.717, 1.165) is 27.6 Å². The second-order valence-corrected chi connectivity index (χ2v) is 8.97. The highest BCUT2D eigenvalue weighted by Crippen LogP contribution is 2.43. The van der Waals surface area contributed by atoms with Crippen molar-refractivity contribution >= 4 is 45.8 Å². The zero-order valence-corrected chi connectivity index (χ0v) is 21.8. The highest BCUT2D eigenvalue weighted by atomic mass is 35.5. The summed E-state index contributed by atoms with van der Waals surface area (Å²) in [6, 6.07) is 15.3. The average Bonchev–Trinajstić information content (AvgIpc) is 2.78. The first-order chi connectivity index (χ1) is 15.7. The summed E-state index contributed by atoms with van der Waals surface area (Å²) in [4.78, 5) is 14.9. The third-order valence-electron chi connectivity index (χ3n) is 5.55. The number of benzene rings is 3. The Kier molecular flexibility index (Phi) is 7.81. The summed E-state index contributed by atoms with van der Waals surface area (Å²) in [5, 5.41) is 2.51. The van der Waals surface area contributed by atoms with E-state index >= 15 is 0 Å². The van der Waals surface area contributed by atoms with Gasteiger partial charge in [-0.05, 0) is 42.8 Å². The van der Waals surface area contributed by atoms with Crippen LogP contribution in [-0.4, -0.2) is 40.8 Å². The van der Waals surface area contributed by atoms with Crippen molar-refractivity contribution in [2.24, 2.45) is 0 Å². The van der Waals surface area contributed by atoms with Crippen molar-refractivity contribution in [3.05, 3.63) is 69.5 Å². The summed E-state index contributed by atoms with van der Waals surface area (Å²) in [6.45, 7) is 2.02. The number of carbonyl (C=O) groups excluding carboxylic acids is 1. The molecule has 0 spiro atoms. The van der Waals surface area contributed by atoms with Crippen LogP contribution in [0.5, 0.6) is 0 Å². The molecule has 8 heteroatoms. The van der Waals surface area contributed by atoms with Gasteiger partial charge in [0.25, 0.3) is 0 Å². The monoisotopic (exact) mass is 518 g/mol. The second-order valence-electron chi connectivity index (χ2n) is 8.16. The van der Waals surface area contributed by atoms with Crippen LogP contribution in [-0.2, 0) is 4.74 Å². The van der Waals surface area contributed by atoms with Crippen LogP contribution >= 0.6 is 23.2 Å². The molecule has 0 atom stereocenters. The maximum atomic E-state index is 12.9. The number of nitrogens with zero attached hydrogens (tertiary/aromatic N) is 2. The van der Waals surface area contributed by atoms with E-state index in [1.807, 2.05) is 74.1 Å². The summed E-state index contributed by atoms with van der Waals surface area (Å²) >= 11 is 12.7. The molecule has 4 rings (SSSR count). The molecule has 0 fully saturated rings. The lowest BCUT2D eigenvalue weighted by Crippen LogP contribution is -3.00. The van der Waals surface area contributed by atoms with Gasteiger partial charge in [0.2, 0.25) is 5.36 Å². The van der Waals surface area contributed by atoms with Gasteiger partial charge in [-0.3, -0.25) is 0 Å². The Morgan fingerprint density at radius 1 is 1.00 bits per heavy atom. The Labute approximate surface area is 214 Å². The minimum atomic E-state index is -0.456. The fourth-order valence-electron chi connectivity index (χ4n) is 3.85. The molecule has 5 nitrogen and oxygen atoms in total. The fourth-order valence-corrected chi connectivity index (χ4v) is 4.17. The minimum Gasteiger partial charge on any atom is -1.00 e. The smallest absolute Gasteiger partial charge is 0.338 e. The van der Waals surface area contributed by atoms with Gasteiger partial charge >= 0.3 is 5.97 Å². The first-order valence-electron chi connectivity index (χ1n) is 10.6. The summed E-state index contributed by atoms with van der Waals surface area (Å²) in [6.07, 6.45) is 0. The molecule has 0 aromatic heterocycles. The van der Waals surface area contributed by atoms with E-state index in [4.69, 9.17) is 32.4 Å². The lowest BCUT2D eigenvalue weighted by Gasteiger charge is -2.19. The van der Waals surface area contributed by atoms with Crippen LogP contribution in [0.4, 0.5) is 5.69 Å². The van der Waals surface area contributed by atoms with E-state index in [1.54, 1.807) is 19.1 Å². The highest BCUT2D eigenvalue weighted by molar-refractivity contribution is 6.42. The molecular formula is C26H25Cl3N2O3. The van der Waals surface area contributed by atoms with Crippen LogP contribution in [0.25, 0.3) is 33.4 Å². The third kappa shape index (κ3) is 4.74. The molecule has 1 heterocycles. The third-order valence-corrected chi connectivity index (χ3v) is 6.27. The minimum absolute atomic E-state index is 0. The Bertz CT molecular complexity index is 1420. The maximum Gasteiger partial charge on any atom is 0.338 e. The standard InChI is InChI=1S/C26H25Cl2N2O3.ClH/c1-6-32-26(31)20-14-22(28)21(27)13-19(20)25-17-9-7-15(29(2)3)11-23(17)33-24-12-16(30(4)5)8-10-18(24)25;/h7-14H,6H2,1-5H3;1H/q+1;/p-1. The molecule has 0 bridgehead atoms. The SMILES string of the molecule is CCOC(=O)c1cc(Cl)c(Cl)cc1-c1c2ccc(=[N+](C)C)cc-2oc2cc(N(C)C)ccc12.[Cl-]. The Morgan fingerprint density at radius 3 is 2.35 bits per heavy atom. The van der Waals surface area contributed by atoms with Crippen LogP contribution in [0.15, 0.2) is 52.9 Å². The molecule has 2 aromatic carbocycles. The van der Waals surface area contributed by atoms with Gasteiger partial charge in [-0.15, -0.1) is 0 Å². The van der Waals surface area contributed by atoms with Gasteiger partial charge in [0.15, 0.2) is 0 Å². The van der Waals surface area contributed by atoms with Crippen LogP contribution < -0.4 is 27.2 Å². The molecular weight excluding hydrogens is 495 g/mol. The van der Waals surface area contributed by atoms with Crippen molar-refractivity contribution in [3.63, 3.8) is 0 Å². The summed E-state index contributed by atoms with van der Waals surface area (Å²) < 4.78 is 13.7. The predicted molar refractivity (Wildman–Crippen MR) is 136 cm³/mol. The molecule has 178 valence electrons. The normalized spacial score (nSPS) is 10.8. The second kappa shape index (κ2) is 10.3. The van der Waals surface area contributed by atoms with Gasteiger partial charge in [0, 0.05) is 48.4 Å². The van der Waals surface area contributed by atoms with Crippen molar-refractivity contribution in [2.75, 3.05) is 39.7 Å². The summed E-state index contributed by atoms with van der Waals surface area (Å²) in [5.74, 6) is 0.239. The predicted octanol–water partition coefficient (Wildman–Crippen LogP) is 2.79. The van der Waals surface area contributed by atoms with Crippen LogP contribution in [0.2, 0.25) is 10.0 Å². The zero-order valence-electron chi connectivity index (χ0n) is 19.6. The number of rotatable bonds is 4. The van der Waals surface area contributed by atoms with E-state index in [0.29, 0.717) is 32.5 Å².